The molecule has 1 saturated heterocycles. The molecule has 5 nitrogen and oxygen atoms in total. The summed E-state index contributed by atoms with van der Waals surface area (Å²) in [5.41, 5.74) is 1.74. The molecular formula is C17H19N3O2. The Bertz CT molecular complexity index is 615. The molecule has 1 aromatic heterocycles. The van der Waals surface area contributed by atoms with Crippen molar-refractivity contribution in [3.8, 4) is 0 Å². The Morgan fingerprint density at radius 3 is 2.64 bits per heavy atom. The third-order valence-electron chi connectivity index (χ3n) is 3.81. The van der Waals surface area contributed by atoms with Gasteiger partial charge in [0.1, 0.15) is 6.26 Å². The highest BCUT2D eigenvalue weighted by atomic mass is 16.5. The molecule has 2 aromatic rings. The van der Waals surface area contributed by atoms with E-state index in [-0.39, 0.29) is 5.91 Å². The van der Waals surface area contributed by atoms with Crippen LogP contribution in [0.25, 0.3) is 6.08 Å². The number of amides is 1. The van der Waals surface area contributed by atoms with Gasteiger partial charge in [0.25, 0.3) is 5.91 Å². The molecule has 0 atom stereocenters. The molecule has 1 aromatic carbocycles. The summed E-state index contributed by atoms with van der Waals surface area (Å²) in [5, 5.41) is 3.58. The largest absolute Gasteiger partial charge is 0.364 e. The number of rotatable bonds is 4. The highest BCUT2D eigenvalue weighted by Gasteiger charge is 2.22. The van der Waals surface area contributed by atoms with Crippen molar-refractivity contribution in [2.45, 2.75) is 0 Å². The minimum Gasteiger partial charge on any atom is -0.364 e. The van der Waals surface area contributed by atoms with Gasteiger partial charge in [0, 0.05) is 32.7 Å². The lowest BCUT2D eigenvalue weighted by Crippen LogP contribution is -2.48. The maximum atomic E-state index is 12.2. The van der Waals surface area contributed by atoms with Crippen LogP contribution in [0.15, 0.2) is 53.4 Å². The first kappa shape index (κ1) is 14.5. The molecule has 0 spiro atoms. The van der Waals surface area contributed by atoms with Gasteiger partial charge in [0.2, 0.25) is 0 Å². The second kappa shape index (κ2) is 7.04. The van der Waals surface area contributed by atoms with E-state index in [2.05, 4.69) is 34.3 Å². The molecule has 114 valence electrons. The van der Waals surface area contributed by atoms with Crippen molar-refractivity contribution in [1.82, 2.24) is 15.0 Å². The normalized spacial score (nSPS) is 16.3. The lowest BCUT2D eigenvalue weighted by molar-refractivity contribution is 0.0649. The van der Waals surface area contributed by atoms with Gasteiger partial charge in [-0.3, -0.25) is 9.69 Å². The number of hydrogen-bond acceptors (Lipinski definition) is 4. The number of aromatic nitrogens is 1. The minimum atomic E-state index is 0.000674. The van der Waals surface area contributed by atoms with Crippen molar-refractivity contribution in [1.29, 1.82) is 0 Å². The SMILES string of the molecule is O=C(c1cnoc1)N1CCN(C/C=C/c2ccccc2)CC1. The van der Waals surface area contributed by atoms with E-state index in [9.17, 15) is 4.79 Å². The van der Waals surface area contributed by atoms with Crippen molar-refractivity contribution in [3.05, 3.63) is 60.0 Å². The fourth-order valence-electron chi connectivity index (χ4n) is 2.53. The summed E-state index contributed by atoms with van der Waals surface area (Å²) < 4.78 is 4.73. The van der Waals surface area contributed by atoms with Crippen LogP contribution in [0.4, 0.5) is 0 Å². The first-order chi connectivity index (χ1) is 10.8. The van der Waals surface area contributed by atoms with Crippen molar-refractivity contribution in [2.24, 2.45) is 0 Å². The fourth-order valence-corrected chi connectivity index (χ4v) is 2.53. The standard InChI is InChI=1S/C17H19N3O2/c21-17(16-13-18-22-14-16)20-11-9-19(10-12-20)8-4-7-15-5-2-1-3-6-15/h1-7,13-14H,8-12H2/b7-4+. The molecule has 0 radical (unpaired) electrons. The molecule has 1 aliphatic rings. The predicted molar refractivity (Wildman–Crippen MR) is 84.3 cm³/mol. The topological polar surface area (TPSA) is 49.6 Å². The maximum Gasteiger partial charge on any atom is 0.258 e. The summed E-state index contributed by atoms with van der Waals surface area (Å²) in [4.78, 5) is 16.4. The zero-order chi connectivity index (χ0) is 15.2. The van der Waals surface area contributed by atoms with Crippen LogP contribution in [0.5, 0.6) is 0 Å². The quantitative estimate of drug-likeness (QED) is 0.867. The van der Waals surface area contributed by atoms with Gasteiger partial charge in [-0.1, -0.05) is 47.6 Å². The first-order valence-electron chi connectivity index (χ1n) is 7.45. The molecule has 3 rings (SSSR count). The van der Waals surface area contributed by atoms with Gasteiger partial charge < -0.3 is 9.42 Å². The molecule has 1 amide bonds. The molecule has 1 fully saturated rings. The van der Waals surface area contributed by atoms with Gasteiger partial charge in [-0.2, -0.15) is 0 Å². The first-order valence-corrected chi connectivity index (χ1v) is 7.45. The molecule has 1 aliphatic heterocycles. The third kappa shape index (κ3) is 3.62. The van der Waals surface area contributed by atoms with Crippen LogP contribution < -0.4 is 0 Å². The minimum absolute atomic E-state index is 0.000674. The van der Waals surface area contributed by atoms with E-state index in [1.807, 2.05) is 23.1 Å². The van der Waals surface area contributed by atoms with E-state index >= 15 is 0 Å². The number of benzene rings is 1. The Morgan fingerprint density at radius 1 is 1.18 bits per heavy atom. The molecule has 2 heterocycles. The van der Waals surface area contributed by atoms with Crippen molar-refractivity contribution in [2.75, 3.05) is 32.7 Å². The fraction of sp³-hybridized carbons (Fsp3) is 0.294. The zero-order valence-electron chi connectivity index (χ0n) is 12.4. The van der Waals surface area contributed by atoms with Gasteiger partial charge in [-0.15, -0.1) is 0 Å². The number of nitrogens with zero attached hydrogens (tertiary/aromatic N) is 3. The van der Waals surface area contributed by atoms with Gasteiger partial charge in [-0.05, 0) is 5.56 Å². The molecule has 0 bridgehead atoms. The summed E-state index contributed by atoms with van der Waals surface area (Å²) in [7, 11) is 0. The Kier molecular flexibility index (Phi) is 4.65. The second-order valence-corrected chi connectivity index (χ2v) is 5.32. The Balaban J connectivity index is 1.46. The van der Waals surface area contributed by atoms with E-state index in [1.54, 1.807) is 0 Å². The molecule has 0 aliphatic carbocycles. The number of carbonyl (C=O) groups excluding carboxylic acids is 1. The number of hydrogen-bond donors (Lipinski definition) is 0. The average Bonchev–Trinajstić information content (AvgIpc) is 3.10. The van der Waals surface area contributed by atoms with Gasteiger partial charge >= 0.3 is 0 Å². The zero-order valence-corrected chi connectivity index (χ0v) is 12.4. The maximum absolute atomic E-state index is 12.2. The van der Waals surface area contributed by atoms with E-state index in [4.69, 9.17) is 4.52 Å². The van der Waals surface area contributed by atoms with E-state index in [0.29, 0.717) is 5.56 Å². The van der Waals surface area contributed by atoms with Gasteiger partial charge in [-0.25, -0.2) is 0 Å². The predicted octanol–water partition coefficient (Wildman–Crippen LogP) is 2.15. The van der Waals surface area contributed by atoms with Crippen LogP contribution in [0.3, 0.4) is 0 Å². The molecule has 0 unspecified atom stereocenters. The molecular weight excluding hydrogens is 278 g/mol. The number of carbonyl (C=O) groups is 1. The summed E-state index contributed by atoms with van der Waals surface area (Å²) in [6.07, 6.45) is 7.18. The lowest BCUT2D eigenvalue weighted by Gasteiger charge is -2.33. The highest BCUT2D eigenvalue weighted by Crippen LogP contribution is 2.08. The van der Waals surface area contributed by atoms with Crippen LogP contribution in [0, 0.1) is 0 Å². The summed E-state index contributed by atoms with van der Waals surface area (Å²) in [6.45, 7) is 4.16. The monoisotopic (exact) mass is 297 g/mol. The van der Waals surface area contributed by atoms with Crippen LogP contribution in [0.2, 0.25) is 0 Å². The van der Waals surface area contributed by atoms with E-state index in [1.165, 1.54) is 18.0 Å². The molecule has 5 heteroatoms. The molecule has 22 heavy (non-hydrogen) atoms. The average molecular weight is 297 g/mol. The number of piperazine rings is 1. The Morgan fingerprint density at radius 2 is 1.95 bits per heavy atom. The molecule has 0 saturated carbocycles. The van der Waals surface area contributed by atoms with Crippen molar-refractivity contribution >= 4 is 12.0 Å². The van der Waals surface area contributed by atoms with E-state index in [0.717, 1.165) is 32.7 Å². The lowest BCUT2D eigenvalue weighted by atomic mass is 10.2. The Hall–Kier alpha value is -2.40. The summed E-state index contributed by atoms with van der Waals surface area (Å²) >= 11 is 0. The van der Waals surface area contributed by atoms with Gasteiger partial charge in [0.15, 0.2) is 0 Å². The van der Waals surface area contributed by atoms with Crippen LogP contribution in [0.1, 0.15) is 15.9 Å². The molecule has 0 N–H and O–H groups in total. The van der Waals surface area contributed by atoms with Crippen LogP contribution in [-0.4, -0.2) is 53.6 Å². The second-order valence-electron chi connectivity index (χ2n) is 5.32. The third-order valence-corrected chi connectivity index (χ3v) is 3.81. The summed E-state index contributed by atoms with van der Waals surface area (Å²) in [6, 6.07) is 10.3. The van der Waals surface area contributed by atoms with E-state index < -0.39 is 0 Å². The van der Waals surface area contributed by atoms with Crippen LogP contribution >= 0.6 is 0 Å². The van der Waals surface area contributed by atoms with Crippen LogP contribution in [-0.2, 0) is 0 Å². The smallest absolute Gasteiger partial charge is 0.258 e. The van der Waals surface area contributed by atoms with Crippen molar-refractivity contribution in [3.63, 3.8) is 0 Å². The van der Waals surface area contributed by atoms with Crippen molar-refractivity contribution < 1.29 is 9.32 Å². The Labute approximate surface area is 129 Å². The summed E-state index contributed by atoms with van der Waals surface area (Å²) in [5.74, 6) is 0.000674. The van der Waals surface area contributed by atoms with Gasteiger partial charge in [0.05, 0.1) is 11.8 Å². The highest BCUT2D eigenvalue weighted by molar-refractivity contribution is 5.93.